The lowest BCUT2D eigenvalue weighted by atomic mass is 10.0. The molecule has 1 aliphatic rings. The molecule has 106 valence electrons. The Morgan fingerprint density at radius 1 is 1.21 bits per heavy atom. The van der Waals surface area contributed by atoms with E-state index < -0.39 is 12.2 Å². The van der Waals surface area contributed by atoms with Gasteiger partial charge in [-0.15, -0.1) is 11.6 Å². The van der Waals surface area contributed by atoms with Gasteiger partial charge in [0.15, 0.2) is 0 Å². The highest BCUT2D eigenvalue weighted by atomic mass is 35.5. The Hall–Kier alpha value is -0.610. The second-order valence-corrected chi connectivity index (χ2v) is 5.60. The van der Waals surface area contributed by atoms with E-state index in [9.17, 15) is 10.2 Å². The van der Waals surface area contributed by atoms with Gasteiger partial charge >= 0.3 is 0 Å². The summed E-state index contributed by atoms with van der Waals surface area (Å²) in [5, 5.41) is 19.9. The number of halogens is 1. The molecule has 0 spiro atoms. The summed E-state index contributed by atoms with van der Waals surface area (Å²) in [4.78, 5) is 2.42. The first-order valence-corrected chi connectivity index (χ1v) is 7.47. The van der Waals surface area contributed by atoms with Gasteiger partial charge in [-0.1, -0.05) is 24.3 Å². The molecule has 0 bridgehead atoms. The molecule has 0 amide bonds. The van der Waals surface area contributed by atoms with E-state index in [0.29, 0.717) is 12.3 Å². The lowest BCUT2D eigenvalue weighted by Gasteiger charge is -2.19. The monoisotopic (exact) mass is 283 g/mol. The maximum Gasteiger partial charge on any atom is 0.105 e. The quantitative estimate of drug-likeness (QED) is 0.788. The Balaban J connectivity index is 2.01. The van der Waals surface area contributed by atoms with Gasteiger partial charge in [0.2, 0.25) is 0 Å². The molecule has 2 unspecified atom stereocenters. The minimum Gasteiger partial charge on any atom is -0.390 e. The van der Waals surface area contributed by atoms with E-state index >= 15 is 0 Å². The Labute approximate surface area is 119 Å². The Bertz CT molecular complexity index is 393. The summed E-state index contributed by atoms with van der Waals surface area (Å²) < 4.78 is 0. The van der Waals surface area contributed by atoms with Crippen LogP contribution in [0.1, 0.15) is 36.5 Å². The first kappa shape index (κ1) is 14.8. The van der Waals surface area contributed by atoms with Crippen molar-refractivity contribution in [1.29, 1.82) is 0 Å². The van der Waals surface area contributed by atoms with Crippen LogP contribution >= 0.6 is 11.6 Å². The van der Waals surface area contributed by atoms with Crippen molar-refractivity contribution >= 4 is 11.6 Å². The predicted molar refractivity (Wildman–Crippen MR) is 77.3 cm³/mol. The van der Waals surface area contributed by atoms with Crippen LogP contribution in [-0.2, 0) is 6.54 Å². The molecule has 2 rings (SSSR count). The fourth-order valence-electron chi connectivity index (χ4n) is 2.57. The minimum absolute atomic E-state index is 0.353. The van der Waals surface area contributed by atoms with Crippen LogP contribution in [0.25, 0.3) is 0 Å². The largest absolute Gasteiger partial charge is 0.390 e. The summed E-state index contributed by atoms with van der Waals surface area (Å²) in [5.41, 5.74) is 1.96. The molecule has 1 aromatic rings. The van der Waals surface area contributed by atoms with Crippen LogP contribution in [0.4, 0.5) is 0 Å². The second-order valence-electron chi connectivity index (χ2n) is 5.22. The van der Waals surface area contributed by atoms with Crippen molar-refractivity contribution in [3.63, 3.8) is 0 Å². The first-order valence-electron chi connectivity index (χ1n) is 6.94. The van der Waals surface area contributed by atoms with Gasteiger partial charge in [0.1, 0.15) is 6.10 Å². The molecule has 0 radical (unpaired) electrons. The molecule has 0 aromatic heterocycles. The minimum atomic E-state index is -0.850. The first-order chi connectivity index (χ1) is 9.20. The van der Waals surface area contributed by atoms with Gasteiger partial charge in [0.25, 0.3) is 0 Å². The molecule has 1 saturated heterocycles. The van der Waals surface area contributed by atoms with Gasteiger partial charge in [0.05, 0.1) is 6.10 Å². The zero-order valence-corrected chi connectivity index (χ0v) is 11.9. The Kier molecular flexibility index (Phi) is 5.64. The number of aliphatic hydroxyl groups excluding tert-OH is 2. The number of likely N-dealkylation sites (tertiary alicyclic amines) is 1. The highest BCUT2D eigenvalue weighted by Gasteiger charge is 2.18. The number of aliphatic hydroxyl groups is 2. The van der Waals surface area contributed by atoms with Gasteiger partial charge in [0, 0.05) is 12.4 Å². The summed E-state index contributed by atoms with van der Waals surface area (Å²) in [6.45, 7) is 3.23. The summed E-state index contributed by atoms with van der Waals surface area (Å²) in [6.07, 6.45) is 1.31. The zero-order valence-electron chi connectivity index (χ0n) is 11.1. The van der Waals surface area contributed by atoms with E-state index in [4.69, 9.17) is 11.6 Å². The third-order valence-electron chi connectivity index (χ3n) is 3.67. The molecular weight excluding hydrogens is 262 g/mol. The Morgan fingerprint density at radius 3 is 2.63 bits per heavy atom. The second kappa shape index (κ2) is 7.25. The molecule has 4 heteroatoms. The number of rotatable bonds is 6. The number of hydrogen-bond acceptors (Lipinski definition) is 3. The maximum atomic E-state index is 10.1. The normalized spacial score (nSPS) is 19.5. The number of benzene rings is 1. The smallest absolute Gasteiger partial charge is 0.105 e. The summed E-state index contributed by atoms with van der Waals surface area (Å²) in [5.74, 6) is 0.353. The van der Waals surface area contributed by atoms with E-state index in [2.05, 4.69) is 11.0 Å². The molecule has 3 nitrogen and oxygen atoms in total. The van der Waals surface area contributed by atoms with Gasteiger partial charge < -0.3 is 10.2 Å². The predicted octanol–water partition coefficient (Wildman–Crippen LogP) is 2.31. The lowest BCUT2D eigenvalue weighted by molar-refractivity contribution is 0.0169. The van der Waals surface area contributed by atoms with Crippen LogP contribution in [0.3, 0.4) is 0 Å². The molecule has 1 aliphatic heterocycles. The lowest BCUT2D eigenvalue weighted by Crippen LogP contribution is -2.20. The van der Waals surface area contributed by atoms with Crippen molar-refractivity contribution in [2.75, 3.05) is 19.0 Å². The maximum absolute atomic E-state index is 10.1. The van der Waals surface area contributed by atoms with Gasteiger partial charge in [-0.2, -0.15) is 0 Å². The van der Waals surface area contributed by atoms with E-state index in [1.54, 1.807) is 0 Å². The fraction of sp³-hybridized carbons (Fsp3) is 0.600. The summed E-state index contributed by atoms with van der Waals surface area (Å²) in [7, 11) is 0. The van der Waals surface area contributed by atoms with Crippen molar-refractivity contribution in [3.05, 3.63) is 35.4 Å². The van der Waals surface area contributed by atoms with Crippen LogP contribution in [-0.4, -0.2) is 40.2 Å². The number of alkyl halides is 1. The highest BCUT2D eigenvalue weighted by molar-refractivity contribution is 6.17. The van der Waals surface area contributed by atoms with Crippen LogP contribution in [0.15, 0.2) is 24.3 Å². The molecule has 2 atom stereocenters. The van der Waals surface area contributed by atoms with Crippen LogP contribution in [0, 0.1) is 0 Å². The van der Waals surface area contributed by atoms with Crippen LogP contribution < -0.4 is 0 Å². The van der Waals surface area contributed by atoms with E-state index in [1.807, 2.05) is 18.2 Å². The summed E-state index contributed by atoms with van der Waals surface area (Å²) >= 11 is 5.59. The van der Waals surface area contributed by atoms with Crippen molar-refractivity contribution in [2.45, 2.75) is 38.0 Å². The summed E-state index contributed by atoms with van der Waals surface area (Å²) in [6, 6.07) is 7.86. The van der Waals surface area contributed by atoms with Crippen molar-refractivity contribution in [1.82, 2.24) is 4.90 Å². The molecule has 1 aromatic carbocycles. The molecule has 1 fully saturated rings. The molecule has 0 aliphatic carbocycles. The Morgan fingerprint density at radius 2 is 1.95 bits per heavy atom. The van der Waals surface area contributed by atoms with Crippen molar-refractivity contribution in [2.24, 2.45) is 0 Å². The van der Waals surface area contributed by atoms with Gasteiger partial charge in [-0.3, -0.25) is 4.90 Å². The highest BCUT2D eigenvalue weighted by Crippen LogP contribution is 2.21. The van der Waals surface area contributed by atoms with E-state index in [0.717, 1.165) is 25.2 Å². The topological polar surface area (TPSA) is 43.7 Å². The van der Waals surface area contributed by atoms with Gasteiger partial charge in [-0.05, 0) is 43.5 Å². The molecular formula is C15H22ClNO2. The van der Waals surface area contributed by atoms with Crippen molar-refractivity contribution < 1.29 is 10.2 Å². The fourth-order valence-corrected chi connectivity index (χ4v) is 2.79. The number of hydrogen-bond donors (Lipinski definition) is 2. The van der Waals surface area contributed by atoms with E-state index in [-0.39, 0.29) is 0 Å². The SMILES string of the molecule is OC(CCCl)C(O)c1cccc(CN2CCCC2)c1. The van der Waals surface area contributed by atoms with Crippen LogP contribution in [0.5, 0.6) is 0 Å². The van der Waals surface area contributed by atoms with Crippen LogP contribution in [0.2, 0.25) is 0 Å². The van der Waals surface area contributed by atoms with Gasteiger partial charge in [-0.25, -0.2) is 0 Å². The molecule has 0 saturated carbocycles. The average molecular weight is 284 g/mol. The number of nitrogens with zero attached hydrogens (tertiary/aromatic N) is 1. The van der Waals surface area contributed by atoms with Crippen molar-refractivity contribution in [3.8, 4) is 0 Å². The zero-order chi connectivity index (χ0) is 13.7. The molecule has 1 heterocycles. The molecule has 2 N–H and O–H groups in total. The average Bonchev–Trinajstić information content (AvgIpc) is 2.91. The van der Waals surface area contributed by atoms with E-state index in [1.165, 1.54) is 18.4 Å². The molecule has 19 heavy (non-hydrogen) atoms. The third-order valence-corrected chi connectivity index (χ3v) is 3.88. The standard InChI is InChI=1S/C15H22ClNO2/c16-7-6-14(18)15(19)13-5-3-4-12(10-13)11-17-8-1-2-9-17/h3-5,10,14-15,18-19H,1-2,6-9,11H2. The third kappa shape index (κ3) is 4.18.